The number of alkyl halides is 3. The number of aromatic nitrogens is 1. The lowest BCUT2D eigenvalue weighted by Crippen LogP contribution is -2.41. The number of likely N-dealkylation sites (tertiary alicyclic amines) is 1. The van der Waals surface area contributed by atoms with Crippen LogP contribution in [0.5, 0.6) is 0 Å². The normalized spacial score (nSPS) is 16.4. The van der Waals surface area contributed by atoms with E-state index in [9.17, 15) is 22.8 Å². The standard InChI is InChI=1S/C14H15F3N2O3S/c15-14(16,17)10-1-2-11(18-7-10)23-8-12(20)19-5-3-9(4-6-19)13(21)22/h1-2,7,9H,3-6,8H2,(H,21,22). The molecule has 0 unspecified atom stereocenters. The van der Waals surface area contributed by atoms with Crippen molar-refractivity contribution in [3.05, 3.63) is 23.9 Å². The van der Waals surface area contributed by atoms with Gasteiger partial charge in [-0.15, -0.1) is 0 Å². The average Bonchev–Trinajstić information content (AvgIpc) is 2.52. The molecule has 2 rings (SSSR count). The Hall–Kier alpha value is -1.77. The number of pyridine rings is 1. The Morgan fingerprint density at radius 3 is 2.43 bits per heavy atom. The van der Waals surface area contributed by atoms with Gasteiger partial charge in [0.1, 0.15) is 0 Å². The minimum atomic E-state index is -4.43. The second kappa shape index (κ2) is 7.20. The summed E-state index contributed by atoms with van der Waals surface area (Å²) >= 11 is 1.06. The van der Waals surface area contributed by atoms with Crippen molar-refractivity contribution in [2.24, 2.45) is 5.92 Å². The molecule has 5 nitrogen and oxygen atoms in total. The number of halogens is 3. The van der Waals surface area contributed by atoms with Gasteiger partial charge in [-0.1, -0.05) is 11.8 Å². The van der Waals surface area contributed by atoms with Gasteiger partial charge in [-0.3, -0.25) is 9.59 Å². The number of carboxylic acid groups (broad SMARTS) is 1. The smallest absolute Gasteiger partial charge is 0.417 e. The van der Waals surface area contributed by atoms with E-state index in [4.69, 9.17) is 5.11 Å². The van der Waals surface area contributed by atoms with Crippen LogP contribution in [0.3, 0.4) is 0 Å². The zero-order valence-electron chi connectivity index (χ0n) is 12.0. The number of hydrogen-bond donors (Lipinski definition) is 1. The molecule has 1 amide bonds. The molecule has 0 bridgehead atoms. The Labute approximate surface area is 134 Å². The third-order valence-corrected chi connectivity index (χ3v) is 4.53. The molecule has 0 aliphatic carbocycles. The molecule has 0 aromatic carbocycles. The van der Waals surface area contributed by atoms with Gasteiger partial charge >= 0.3 is 12.1 Å². The maximum absolute atomic E-state index is 12.4. The first kappa shape index (κ1) is 17.6. The van der Waals surface area contributed by atoms with E-state index in [-0.39, 0.29) is 11.7 Å². The van der Waals surface area contributed by atoms with E-state index in [1.807, 2.05) is 0 Å². The van der Waals surface area contributed by atoms with Crippen LogP contribution in [-0.4, -0.2) is 45.7 Å². The molecule has 0 spiro atoms. The molecule has 2 heterocycles. The minimum Gasteiger partial charge on any atom is -0.481 e. The summed E-state index contributed by atoms with van der Waals surface area (Å²) in [6.07, 6.45) is -2.85. The van der Waals surface area contributed by atoms with Crippen LogP contribution in [0.25, 0.3) is 0 Å². The predicted molar refractivity (Wildman–Crippen MR) is 76.9 cm³/mol. The fourth-order valence-electron chi connectivity index (χ4n) is 2.24. The maximum atomic E-state index is 12.4. The van der Waals surface area contributed by atoms with Crippen LogP contribution in [-0.2, 0) is 15.8 Å². The molecule has 0 saturated carbocycles. The van der Waals surface area contributed by atoms with Crippen LogP contribution >= 0.6 is 11.8 Å². The Bertz CT molecular complexity index is 570. The lowest BCUT2D eigenvalue weighted by molar-refractivity contribution is -0.145. The van der Waals surface area contributed by atoms with Gasteiger partial charge < -0.3 is 10.0 Å². The van der Waals surface area contributed by atoms with Gasteiger partial charge in [0, 0.05) is 19.3 Å². The van der Waals surface area contributed by atoms with E-state index in [1.165, 1.54) is 6.07 Å². The Kier molecular flexibility index (Phi) is 5.51. The third-order valence-electron chi connectivity index (χ3n) is 3.60. The van der Waals surface area contributed by atoms with Crippen molar-refractivity contribution in [2.45, 2.75) is 24.0 Å². The monoisotopic (exact) mass is 348 g/mol. The van der Waals surface area contributed by atoms with Crippen LogP contribution in [0.15, 0.2) is 23.4 Å². The minimum absolute atomic E-state index is 0.0656. The molecule has 1 aliphatic heterocycles. The van der Waals surface area contributed by atoms with Gasteiger partial charge in [-0.25, -0.2) is 4.98 Å². The lowest BCUT2D eigenvalue weighted by atomic mass is 9.97. The fraction of sp³-hybridized carbons (Fsp3) is 0.500. The number of piperidine rings is 1. The first-order valence-corrected chi connectivity index (χ1v) is 7.92. The SMILES string of the molecule is O=C(O)C1CCN(C(=O)CSc2ccc(C(F)(F)F)cn2)CC1. The number of carbonyl (C=O) groups is 2. The predicted octanol–water partition coefficient (Wildman–Crippen LogP) is 2.52. The molecule has 0 radical (unpaired) electrons. The summed E-state index contributed by atoms with van der Waals surface area (Å²) in [5.41, 5.74) is -0.830. The molecule has 1 N–H and O–H groups in total. The first-order valence-electron chi connectivity index (χ1n) is 6.94. The van der Waals surface area contributed by atoms with E-state index >= 15 is 0 Å². The summed E-state index contributed by atoms with van der Waals surface area (Å²) in [6.45, 7) is 0.771. The van der Waals surface area contributed by atoms with Crippen LogP contribution < -0.4 is 0 Å². The van der Waals surface area contributed by atoms with Gasteiger partial charge in [-0.2, -0.15) is 13.2 Å². The van der Waals surface area contributed by atoms with Crippen LogP contribution in [0.4, 0.5) is 13.2 Å². The van der Waals surface area contributed by atoms with Gasteiger partial charge in [0.2, 0.25) is 5.91 Å². The van der Waals surface area contributed by atoms with Gasteiger partial charge in [-0.05, 0) is 25.0 Å². The van der Waals surface area contributed by atoms with Crippen molar-refractivity contribution in [3.8, 4) is 0 Å². The van der Waals surface area contributed by atoms with Crippen molar-refractivity contribution < 1.29 is 27.9 Å². The van der Waals surface area contributed by atoms with Crippen LogP contribution in [0.2, 0.25) is 0 Å². The van der Waals surface area contributed by atoms with E-state index < -0.39 is 23.6 Å². The van der Waals surface area contributed by atoms with E-state index in [2.05, 4.69) is 4.98 Å². The summed E-state index contributed by atoms with van der Waals surface area (Å²) in [7, 11) is 0. The summed E-state index contributed by atoms with van der Waals surface area (Å²) in [4.78, 5) is 28.1. The number of carbonyl (C=O) groups excluding carboxylic acids is 1. The number of rotatable bonds is 4. The van der Waals surface area contributed by atoms with Crippen LogP contribution in [0.1, 0.15) is 18.4 Å². The van der Waals surface area contributed by atoms with Crippen molar-refractivity contribution >= 4 is 23.6 Å². The number of thioether (sulfide) groups is 1. The molecule has 1 aliphatic rings. The number of carboxylic acids is 1. The van der Waals surface area contributed by atoms with Crippen molar-refractivity contribution in [3.63, 3.8) is 0 Å². The lowest BCUT2D eigenvalue weighted by Gasteiger charge is -2.30. The Morgan fingerprint density at radius 2 is 1.96 bits per heavy atom. The number of hydrogen-bond acceptors (Lipinski definition) is 4. The molecule has 9 heteroatoms. The van der Waals surface area contributed by atoms with Gasteiger partial charge in [0.15, 0.2) is 0 Å². The van der Waals surface area contributed by atoms with Crippen LogP contribution in [0, 0.1) is 5.92 Å². The molecule has 23 heavy (non-hydrogen) atoms. The average molecular weight is 348 g/mol. The van der Waals surface area contributed by atoms with Crippen molar-refractivity contribution in [2.75, 3.05) is 18.8 Å². The van der Waals surface area contributed by atoms with Crippen molar-refractivity contribution in [1.82, 2.24) is 9.88 Å². The summed E-state index contributed by atoms with van der Waals surface area (Å²) in [5, 5.41) is 9.24. The van der Waals surface area contributed by atoms with Gasteiger partial charge in [0.05, 0.1) is 22.3 Å². The third kappa shape index (κ3) is 4.85. The highest BCUT2D eigenvalue weighted by Crippen LogP contribution is 2.29. The number of nitrogens with zero attached hydrogens (tertiary/aromatic N) is 2. The first-order chi connectivity index (χ1) is 10.8. The second-order valence-corrected chi connectivity index (χ2v) is 6.16. The fourth-order valence-corrected chi connectivity index (χ4v) is 2.98. The molecule has 1 aromatic heterocycles. The summed E-state index contributed by atoms with van der Waals surface area (Å²) in [6, 6.07) is 2.16. The molecular weight excluding hydrogens is 333 g/mol. The molecule has 1 aromatic rings. The maximum Gasteiger partial charge on any atom is 0.417 e. The van der Waals surface area contributed by atoms with E-state index in [0.717, 1.165) is 24.0 Å². The summed E-state index contributed by atoms with van der Waals surface area (Å²) in [5.74, 6) is -1.36. The highest BCUT2D eigenvalue weighted by molar-refractivity contribution is 7.99. The zero-order valence-corrected chi connectivity index (χ0v) is 12.9. The van der Waals surface area contributed by atoms with E-state index in [0.29, 0.717) is 31.0 Å². The summed E-state index contributed by atoms with van der Waals surface area (Å²) < 4.78 is 37.2. The van der Waals surface area contributed by atoms with Crippen molar-refractivity contribution in [1.29, 1.82) is 0 Å². The molecular formula is C14H15F3N2O3S. The quantitative estimate of drug-likeness (QED) is 0.847. The highest BCUT2D eigenvalue weighted by Gasteiger charge is 2.31. The second-order valence-electron chi connectivity index (χ2n) is 5.16. The topological polar surface area (TPSA) is 70.5 Å². The number of aliphatic carboxylic acids is 1. The molecule has 0 atom stereocenters. The largest absolute Gasteiger partial charge is 0.481 e. The Morgan fingerprint density at radius 1 is 1.30 bits per heavy atom. The van der Waals surface area contributed by atoms with Gasteiger partial charge in [0.25, 0.3) is 0 Å². The molecule has 126 valence electrons. The zero-order chi connectivity index (χ0) is 17.0. The molecule has 1 saturated heterocycles. The Balaban J connectivity index is 1.82. The van der Waals surface area contributed by atoms with E-state index in [1.54, 1.807) is 4.90 Å². The highest BCUT2D eigenvalue weighted by atomic mass is 32.2. The molecule has 1 fully saturated rings. The number of amides is 1.